The predicted molar refractivity (Wildman–Crippen MR) is 53.9 cm³/mol. The highest BCUT2D eigenvalue weighted by Crippen LogP contribution is 2.05. The van der Waals surface area contributed by atoms with E-state index in [1.54, 1.807) is 0 Å². The minimum absolute atomic E-state index is 0.564. The predicted octanol–water partition coefficient (Wildman–Crippen LogP) is -0.372. The van der Waals surface area contributed by atoms with E-state index in [1.165, 1.54) is 0 Å². The molecule has 0 aromatic rings. The van der Waals surface area contributed by atoms with Gasteiger partial charge in [-0.05, 0) is 13.8 Å². The number of nitrogens with zero attached hydrogens (tertiary/aromatic N) is 2. The highest BCUT2D eigenvalue weighted by Gasteiger charge is 2.24. The molecule has 0 aromatic heterocycles. The minimum Gasteiger partial charge on any atom is -0.354 e. The molecule has 2 aliphatic heterocycles. The van der Waals surface area contributed by atoms with Crippen molar-refractivity contribution in [1.82, 2.24) is 15.5 Å². The lowest BCUT2D eigenvalue weighted by Crippen LogP contribution is -2.57. The summed E-state index contributed by atoms with van der Waals surface area (Å²) in [4.78, 5) is 6.78. The third-order valence-electron chi connectivity index (χ3n) is 2.51. The van der Waals surface area contributed by atoms with Gasteiger partial charge in [0.05, 0.1) is 6.54 Å². The molecule has 0 aliphatic carbocycles. The van der Waals surface area contributed by atoms with E-state index in [1.807, 2.05) is 0 Å². The quantitative estimate of drug-likeness (QED) is 0.537. The molecule has 0 aromatic carbocycles. The van der Waals surface area contributed by atoms with Crippen LogP contribution < -0.4 is 10.6 Å². The molecule has 0 spiro atoms. The van der Waals surface area contributed by atoms with Crippen molar-refractivity contribution < 1.29 is 0 Å². The van der Waals surface area contributed by atoms with Crippen molar-refractivity contribution in [3.8, 4) is 0 Å². The topological polar surface area (TPSA) is 39.7 Å². The summed E-state index contributed by atoms with van der Waals surface area (Å²) in [5.74, 6) is 1.10. The van der Waals surface area contributed by atoms with E-state index in [9.17, 15) is 0 Å². The van der Waals surface area contributed by atoms with Crippen molar-refractivity contribution in [2.75, 3.05) is 26.2 Å². The van der Waals surface area contributed by atoms with Gasteiger partial charge < -0.3 is 15.5 Å². The van der Waals surface area contributed by atoms with Crippen molar-refractivity contribution in [2.45, 2.75) is 25.9 Å². The van der Waals surface area contributed by atoms with Crippen molar-refractivity contribution in [1.29, 1.82) is 0 Å². The van der Waals surface area contributed by atoms with Gasteiger partial charge in [0.25, 0.3) is 0 Å². The number of guanidine groups is 1. The first-order chi connectivity index (χ1) is 6.25. The Morgan fingerprint density at radius 1 is 1.31 bits per heavy atom. The Hall–Kier alpha value is -0.770. The molecule has 1 fully saturated rings. The summed E-state index contributed by atoms with van der Waals surface area (Å²) in [6.07, 6.45) is 0. The Morgan fingerprint density at radius 3 is 2.54 bits per heavy atom. The molecule has 2 rings (SSSR count). The molecule has 2 atom stereocenters. The minimum atomic E-state index is 0.564. The van der Waals surface area contributed by atoms with Crippen LogP contribution in [0.1, 0.15) is 13.8 Å². The normalized spacial score (nSPS) is 34.3. The number of hydrogen-bond acceptors (Lipinski definition) is 4. The Kier molecular flexibility index (Phi) is 2.40. The standard InChI is InChI=1S/C9H18N4/c1-7-5-13(6-8(2)12-7)9-10-3-4-11-9/h7-8,12H,3-6H2,1-2H3,(H,10,11). The van der Waals surface area contributed by atoms with E-state index in [-0.39, 0.29) is 0 Å². The average molecular weight is 182 g/mol. The summed E-state index contributed by atoms with van der Waals surface area (Å²) in [7, 11) is 0. The van der Waals surface area contributed by atoms with E-state index in [4.69, 9.17) is 0 Å². The summed E-state index contributed by atoms with van der Waals surface area (Å²) in [5.41, 5.74) is 0. The number of rotatable bonds is 0. The lowest BCUT2D eigenvalue weighted by atomic mass is 10.1. The van der Waals surface area contributed by atoms with Gasteiger partial charge in [0.1, 0.15) is 0 Å². The fraction of sp³-hybridized carbons (Fsp3) is 0.889. The first kappa shape index (κ1) is 8.81. The van der Waals surface area contributed by atoms with E-state index in [2.05, 4.69) is 34.4 Å². The van der Waals surface area contributed by atoms with E-state index < -0.39 is 0 Å². The van der Waals surface area contributed by atoms with Crippen LogP contribution in [0.4, 0.5) is 0 Å². The van der Waals surface area contributed by atoms with Gasteiger partial charge in [-0.25, -0.2) is 0 Å². The largest absolute Gasteiger partial charge is 0.354 e. The van der Waals surface area contributed by atoms with Crippen LogP contribution in [-0.4, -0.2) is 49.1 Å². The molecule has 1 saturated heterocycles. The summed E-state index contributed by atoms with van der Waals surface area (Å²) < 4.78 is 0. The second kappa shape index (κ2) is 3.54. The van der Waals surface area contributed by atoms with Crippen molar-refractivity contribution >= 4 is 5.96 Å². The zero-order chi connectivity index (χ0) is 9.26. The van der Waals surface area contributed by atoms with Crippen LogP contribution in [0.5, 0.6) is 0 Å². The van der Waals surface area contributed by atoms with Crippen molar-refractivity contribution in [3.05, 3.63) is 0 Å². The molecule has 0 radical (unpaired) electrons. The molecule has 0 saturated carbocycles. The number of piperazine rings is 1. The van der Waals surface area contributed by atoms with Gasteiger partial charge in [-0.1, -0.05) is 0 Å². The number of aliphatic imine (C=N–C) groups is 1. The first-order valence-corrected chi connectivity index (χ1v) is 5.05. The van der Waals surface area contributed by atoms with E-state index in [0.29, 0.717) is 12.1 Å². The Balaban J connectivity index is 1.98. The lowest BCUT2D eigenvalue weighted by Gasteiger charge is -2.37. The molecular weight excluding hydrogens is 164 g/mol. The smallest absolute Gasteiger partial charge is 0.194 e. The van der Waals surface area contributed by atoms with E-state index >= 15 is 0 Å². The Morgan fingerprint density at radius 2 is 2.00 bits per heavy atom. The fourth-order valence-electron chi connectivity index (χ4n) is 2.10. The van der Waals surface area contributed by atoms with Crippen LogP contribution in [0.2, 0.25) is 0 Å². The molecule has 2 aliphatic rings. The summed E-state index contributed by atoms with van der Waals surface area (Å²) in [6, 6.07) is 1.13. The van der Waals surface area contributed by atoms with Crippen LogP contribution in [-0.2, 0) is 0 Å². The fourth-order valence-corrected chi connectivity index (χ4v) is 2.10. The van der Waals surface area contributed by atoms with Gasteiger partial charge in [-0.15, -0.1) is 0 Å². The number of nitrogens with one attached hydrogen (secondary N) is 2. The maximum atomic E-state index is 4.43. The Labute approximate surface area is 79.4 Å². The summed E-state index contributed by atoms with van der Waals surface area (Å²) in [5, 5.41) is 6.82. The van der Waals surface area contributed by atoms with Crippen LogP contribution in [0, 0.1) is 0 Å². The van der Waals surface area contributed by atoms with Gasteiger partial charge in [0.15, 0.2) is 5.96 Å². The molecule has 2 N–H and O–H groups in total. The summed E-state index contributed by atoms with van der Waals surface area (Å²) >= 11 is 0. The second-order valence-electron chi connectivity index (χ2n) is 4.01. The third-order valence-corrected chi connectivity index (χ3v) is 2.51. The van der Waals surface area contributed by atoms with Gasteiger partial charge in [-0.3, -0.25) is 4.99 Å². The highest BCUT2D eigenvalue weighted by molar-refractivity contribution is 5.81. The molecule has 2 unspecified atom stereocenters. The lowest BCUT2D eigenvalue weighted by molar-refractivity contribution is 0.250. The molecule has 4 heteroatoms. The Bertz CT molecular complexity index is 204. The summed E-state index contributed by atoms with van der Waals surface area (Å²) in [6.45, 7) is 8.51. The number of hydrogen-bond donors (Lipinski definition) is 2. The molecule has 2 heterocycles. The van der Waals surface area contributed by atoms with Gasteiger partial charge in [-0.2, -0.15) is 0 Å². The zero-order valence-corrected chi connectivity index (χ0v) is 8.38. The molecular formula is C9H18N4. The maximum Gasteiger partial charge on any atom is 0.194 e. The van der Waals surface area contributed by atoms with E-state index in [0.717, 1.165) is 32.1 Å². The first-order valence-electron chi connectivity index (χ1n) is 5.05. The monoisotopic (exact) mass is 182 g/mol. The van der Waals surface area contributed by atoms with Crippen molar-refractivity contribution in [3.63, 3.8) is 0 Å². The van der Waals surface area contributed by atoms with Crippen LogP contribution >= 0.6 is 0 Å². The van der Waals surface area contributed by atoms with Gasteiger partial charge in [0, 0.05) is 31.7 Å². The molecule has 0 amide bonds. The molecule has 0 bridgehead atoms. The highest BCUT2D eigenvalue weighted by atomic mass is 15.4. The van der Waals surface area contributed by atoms with Gasteiger partial charge in [0.2, 0.25) is 0 Å². The molecule has 74 valence electrons. The van der Waals surface area contributed by atoms with Crippen LogP contribution in [0.3, 0.4) is 0 Å². The maximum absolute atomic E-state index is 4.43. The second-order valence-corrected chi connectivity index (χ2v) is 4.01. The zero-order valence-electron chi connectivity index (χ0n) is 8.38. The SMILES string of the molecule is CC1CN(C2=NCCN2)CC(C)N1. The molecule has 13 heavy (non-hydrogen) atoms. The third kappa shape index (κ3) is 1.94. The van der Waals surface area contributed by atoms with Crippen LogP contribution in [0.15, 0.2) is 4.99 Å². The van der Waals surface area contributed by atoms with Crippen molar-refractivity contribution in [2.24, 2.45) is 4.99 Å². The average Bonchev–Trinajstić information content (AvgIpc) is 2.53. The molecule has 4 nitrogen and oxygen atoms in total. The van der Waals surface area contributed by atoms with Crippen LogP contribution in [0.25, 0.3) is 0 Å². The van der Waals surface area contributed by atoms with Gasteiger partial charge >= 0.3 is 0 Å².